The lowest BCUT2D eigenvalue weighted by molar-refractivity contribution is 0.416. The van der Waals surface area contributed by atoms with Crippen molar-refractivity contribution in [2.45, 2.75) is 37.2 Å². The zero-order valence-electron chi connectivity index (χ0n) is 10.6. The van der Waals surface area contributed by atoms with Crippen molar-refractivity contribution in [2.75, 3.05) is 6.54 Å². The van der Waals surface area contributed by atoms with Crippen molar-refractivity contribution < 1.29 is 12.8 Å². The van der Waals surface area contributed by atoms with Crippen molar-refractivity contribution in [3.05, 3.63) is 28.5 Å². The van der Waals surface area contributed by atoms with E-state index in [1.54, 1.807) is 6.92 Å². The molecule has 0 unspecified atom stereocenters. The van der Waals surface area contributed by atoms with Crippen LogP contribution in [0, 0.1) is 5.82 Å². The van der Waals surface area contributed by atoms with E-state index in [0.29, 0.717) is 6.54 Å². The van der Waals surface area contributed by atoms with Gasteiger partial charge < -0.3 is 5.73 Å². The van der Waals surface area contributed by atoms with Gasteiger partial charge in [-0.15, -0.1) is 0 Å². The second-order valence-corrected chi connectivity index (χ2v) is 6.82. The van der Waals surface area contributed by atoms with E-state index in [1.807, 2.05) is 0 Å². The molecule has 1 aliphatic carbocycles. The molecule has 0 amide bonds. The van der Waals surface area contributed by atoms with Gasteiger partial charge >= 0.3 is 0 Å². The highest BCUT2D eigenvalue weighted by molar-refractivity contribution is 7.89. The first kappa shape index (κ1) is 14.7. The number of sulfonamides is 1. The van der Waals surface area contributed by atoms with Gasteiger partial charge in [-0.1, -0.05) is 18.5 Å². The summed E-state index contributed by atoms with van der Waals surface area (Å²) in [5.74, 6) is -0.800. The summed E-state index contributed by atoms with van der Waals surface area (Å²) >= 11 is 5.84. The minimum atomic E-state index is -3.86. The number of rotatable bonds is 5. The standard InChI is InChI=1S/C12H16ClFN2O2S/c1-2-16(10-3-4-10)19(17,18)11-6-9(13)5-8(7-15)12(11)14/h5-6,10H,2-4,7,15H2,1H3. The van der Waals surface area contributed by atoms with Gasteiger partial charge in [0.1, 0.15) is 10.7 Å². The van der Waals surface area contributed by atoms with Crippen molar-refractivity contribution in [3.63, 3.8) is 0 Å². The van der Waals surface area contributed by atoms with Crippen molar-refractivity contribution in [1.82, 2.24) is 4.31 Å². The first-order valence-electron chi connectivity index (χ1n) is 6.11. The second-order valence-electron chi connectivity index (χ2n) is 4.52. The van der Waals surface area contributed by atoms with Crippen LogP contribution in [0.5, 0.6) is 0 Å². The molecule has 1 fully saturated rings. The molecule has 1 aromatic carbocycles. The van der Waals surface area contributed by atoms with Crippen molar-refractivity contribution in [1.29, 1.82) is 0 Å². The lowest BCUT2D eigenvalue weighted by Gasteiger charge is -2.21. The predicted octanol–water partition coefficient (Wildman–Crippen LogP) is 2.11. The molecule has 1 saturated carbocycles. The molecule has 0 aromatic heterocycles. The summed E-state index contributed by atoms with van der Waals surface area (Å²) in [5, 5.41) is 0.173. The monoisotopic (exact) mass is 306 g/mol. The zero-order chi connectivity index (χ0) is 14.2. The van der Waals surface area contributed by atoms with Crippen molar-refractivity contribution in [3.8, 4) is 0 Å². The number of halogens is 2. The maximum absolute atomic E-state index is 14.2. The third-order valence-corrected chi connectivity index (χ3v) is 5.40. The minimum absolute atomic E-state index is 0.0188. The number of nitrogens with zero attached hydrogens (tertiary/aromatic N) is 1. The van der Waals surface area contributed by atoms with Crippen LogP contribution in [0.2, 0.25) is 5.02 Å². The third kappa shape index (κ3) is 2.76. The molecule has 1 aliphatic rings. The normalized spacial score (nSPS) is 16.1. The van der Waals surface area contributed by atoms with E-state index < -0.39 is 15.8 Å². The van der Waals surface area contributed by atoms with Crippen LogP contribution in [0.15, 0.2) is 17.0 Å². The van der Waals surface area contributed by atoms with Crippen LogP contribution in [0.4, 0.5) is 4.39 Å². The van der Waals surface area contributed by atoms with Gasteiger partial charge in [-0.25, -0.2) is 12.8 Å². The van der Waals surface area contributed by atoms with E-state index in [2.05, 4.69) is 0 Å². The average Bonchev–Trinajstić information content (AvgIpc) is 3.16. The molecule has 2 rings (SSSR count). The molecule has 0 heterocycles. The number of hydrogen-bond donors (Lipinski definition) is 1. The Morgan fingerprint density at radius 1 is 1.47 bits per heavy atom. The average molecular weight is 307 g/mol. The summed E-state index contributed by atoms with van der Waals surface area (Å²) in [6.45, 7) is 1.96. The molecule has 19 heavy (non-hydrogen) atoms. The number of benzene rings is 1. The Hall–Kier alpha value is -0.690. The maximum Gasteiger partial charge on any atom is 0.246 e. The summed E-state index contributed by atoms with van der Waals surface area (Å²) in [5.41, 5.74) is 5.51. The Kier molecular flexibility index (Phi) is 4.15. The van der Waals surface area contributed by atoms with Crippen LogP contribution < -0.4 is 5.73 Å². The predicted molar refractivity (Wildman–Crippen MR) is 71.9 cm³/mol. The minimum Gasteiger partial charge on any atom is -0.326 e. The summed E-state index contributed by atoms with van der Waals surface area (Å²) in [7, 11) is -3.86. The van der Waals surface area contributed by atoms with Crippen LogP contribution in [0.25, 0.3) is 0 Å². The van der Waals surface area contributed by atoms with E-state index in [9.17, 15) is 12.8 Å². The molecule has 2 N–H and O–H groups in total. The lowest BCUT2D eigenvalue weighted by Crippen LogP contribution is -2.33. The van der Waals surface area contributed by atoms with Gasteiger partial charge in [-0.3, -0.25) is 0 Å². The Balaban J connectivity index is 2.53. The van der Waals surface area contributed by atoms with Gasteiger partial charge in [-0.05, 0) is 25.0 Å². The molecule has 7 heteroatoms. The number of hydrogen-bond acceptors (Lipinski definition) is 3. The molecule has 1 aromatic rings. The zero-order valence-corrected chi connectivity index (χ0v) is 12.1. The molecule has 0 atom stereocenters. The van der Waals surface area contributed by atoms with E-state index in [-0.39, 0.29) is 28.1 Å². The van der Waals surface area contributed by atoms with Crippen molar-refractivity contribution >= 4 is 21.6 Å². The lowest BCUT2D eigenvalue weighted by atomic mass is 10.2. The van der Waals surface area contributed by atoms with Crippen LogP contribution in [-0.2, 0) is 16.6 Å². The molecule has 4 nitrogen and oxygen atoms in total. The summed E-state index contributed by atoms with van der Waals surface area (Å²) in [6, 6.07) is 2.48. The molecule has 0 spiro atoms. The highest BCUT2D eigenvalue weighted by Gasteiger charge is 2.38. The van der Waals surface area contributed by atoms with Crippen LogP contribution in [-0.4, -0.2) is 25.3 Å². The molecular formula is C12H16ClFN2O2S. The largest absolute Gasteiger partial charge is 0.326 e. The molecule has 106 valence electrons. The summed E-state index contributed by atoms with van der Waals surface area (Å²) < 4.78 is 40.5. The summed E-state index contributed by atoms with van der Waals surface area (Å²) in [6.07, 6.45) is 1.64. The fourth-order valence-corrected chi connectivity index (χ4v) is 4.20. The van der Waals surface area contributed by atoms with Gasteiger partial charge in [0, 0.05) is 29.7 Å². The fourth-order valence-electron chi connectivity index (χ4n) is 2.07. The Bertz CT molecular complexity index is 588. The first-order chi connectivity index (χ1) is 8.91. The summed E-state index contributed by atoms with van der Waals surface area (Å²) in [4.78, 5) is -0.380. The highest BCUT2D eigenvalue weighted by atomic mass is 35.5. The number of nitrogens with two attached hydrogens (primary N) is 1. The van der Waals surface area contributed by atoms with Gasteiger partial charge in [0.15, 0.2) is 0 Å². The Labute approximate surface area is 117 Å². The van der Waals surface area contributed by atoms with Gasteiger partial charge in [-0.2, -0.15) is 4.31 Å². The highest BCUT2D eigenvalue weighted by Crippen LogP contribution is 2.34. The molecule has 0 saturated heterocycles. The van der Waals surface area contributed by atoms with E-state index >= 15 is 0 Å². The van der Waals surface area contributed by atoms with Crippen molar-refractivity contribution in [2.24, 2.45) is 5.73 Å². The molecule has 0 bridgehead atoms. The van der Waals surface area contributed by atoms with Gasteiger partial charge in [0.2, 0.25) is 10.0 Å². The van der Waals surface area contributed by atoms with E-state index in [4.69, 9.17) is 17.3 Å². The quantitative estimate of drug-likeness (QED) is 0.906. The van der Waals surface area contributed by atoms with Crippen LogP contribution >= 0.6 is 11.6 Å². The maximum atomic E-state index is 14.2. The van der Waals surface area contributed by atoms with Gasteiger partial charge in [0.25, 0.3) is 0 Å². The molecule has 0 radical (unpaired) electrons. The first-order valence-corrected chi connectivity index (χ1v) is 7.93. The molecule has 0 aliphatic heterocycles. The Morgan fingerprint density at radius 2 is 2.11 bits per heavy atom. The van der Waals surface area contributed by atoms with Crippen LogP contribution in [0.1, 0.15) is 25.3 Å². The Morgan fingerprint density at radius 3 is 2.58 bits per heavy atom. The van der Waals surface area contributed by atoms with Crippen LogP contribution in [0.3, 0.4) is 0 Å². The van der Waals surface area contributed by atoms with E-state index in [0.717, 1.165) is 18.9 Å². The fraction of sp³-hybridized carbons (Fsp3) is 0.500. The smallest absolute Gasteiger partial charge is 0.246 e. The second kappa shape index (κ2) is 5.36. The third-order valence-electron chi connectivity index (χ3n) is 3.15. The topological polar surface area (TPSA) is 63.4 Å². The molecular weight excluding hydrogens is 291 g/mol. The SMILES string of the molecule is CCN(C1CC1)S(=O)(=O)c1cc(Cl)cc(CN)c1F. The van der Waals surface area contributed by atoms with Gasteiger partial charge in [0.05, 0.1) is 0 Å². The van der Waals surface area contributed by atoms with E-state index in [1.165, 1.54) is 10.4 Å².